The molecule has 4 N–H and O–H groups in total. The number of carboxylic acids is 1. The van der Waals surface area contributed by atoms with Gasteiger partial charge in [0.15, 0.2) is 6.10 Å². The van der Waals surface area contributed by atoms with Gasteiger partial charge in [-0.25, -0.2) is 4.57 Å². The fraction of sp³-hybridized carbons (Fsp3) is 0.659. The second kappa shape index (κ2) is 38.8. The maximum absolute atomic E-state index is 12.6. The fourth-order valence-electron chi connectivity index (χ4n) is 5.10. The molecule has 0 aromatic rings. The Hall–Kier alpha value is -3.08. The number of phosphoric acid groups is 1. The van der Waals surface area contributed by atoms with Gasteiger partial charge in [-0.1, -0.05) is 138 Å². The molecular formula is C44H74NO10P. The van der Waals surface area contributed by atoms with E-state index in [0.717, 1.165) is 51.4 Å². The van der Waals surface area contributed by atoms with Crippen molar-refractivity contribution in [1.29, 1.82) is 0 Å². The molecule has 56 heavy (non-hydrogen) atoms. The van der Waals surface area contributed by atoms with E-state index in [1.54, 1.807) is 0 Å². The monoisotopic (exact) mass is 808 g/mol. The van der Waals surface area contributed by atoms with Gasteiger partial charge in [-0.15, -0.1) is 0 Å². The molecule has 0 aromatic heterocycles. The highest BCUT2D eigenvalue weighted by atomic mass is 31.2. The minimum absolute atomic E-state index is 0.0920. The highest BCUT2D eigenvalue weighted by Crippen LogP contribution is 2.43. The van der Waals surface area contributed by atoms with Gasteiger partial charge in [0.05, 0.1) is 13.2 Å². The maximum atomic E-state index is 12.6. The van der Waals surface area contributed by atoms with E-state index in [2.05, 4.69) is 79.1 Å². The number of carboxylic acid groups (broad SMARTS) is 1. The molecule has 320 valence electrons. The number of carbonyl (C=O) groups is 3. The van der Waals surface area contributed by atoms with Gasteiger partial charge in [-0.05, 0) is 77.0 Å². The lowest BCUT2D eigenvalue weighted by Crippen LogP contribution is -2.34. The van der Waals surface area contributed by atoms with Crippen LogP contribution in [0.1, 0.15) is 155 Å². The number of unbranched alkanes of at least 4 members (excludes halogenated alkanes) is 12. The van der Waals surface area contributed by atoms with Crippen molar-refractivity contribution in [2.75, 3.05) is 19.8 Å². The predicted molar refractivity (Wildman–Crippen MR) is 226 cm³/mol. The largest absolute Gasteiger partial charge is 0.480 e. The van der Waals surface area contributed by atoms with E-state index >= 15 is 0 Å². The Morgan fingerprint density at radius 1 is 0.554 bits per heavy atom. The normalized spacial score (nSPS) is 14.5. The van der Waals surface area contributed by atoms with Crippen LogP contribution in [-0.4, -0.2) is 59.9 Å². The SMILES string of the molecule is CCCCC/C=C/C/C=C/C/C=C/C/C=C/C/C=C/CCC(=O)OC[C@@H](COP(=O)(O)OC[C@@H](N)C(=O)O)OC(=O)CCCCC/C=C/CCCCCCCC. The first kappa shape index (κ1) is 52.9. The lowest BCUT2D eigenvalue weighted by molar-refractivity contribution is -0.161. The molecule has 0 spiro atoms. The zero-order chi connectivity index (χ0) is 41.4. The zero-order valence-electron chi connectivity index (χ0n) is 34.4. The van der Waals surface area contributed by atoms with E-state index in [1.165, 1.54) is 64.2 Å². The molecular weight excluding hydrogens is 733 g/mol. The molecule has 0 aliphatic carbocycles. The fourth-order valence-corrected chi connectivity index (χ4v) is 5.88. The van der Waals surface area contributed by atoms with Crippen molar-refractivity contribution >= 4 is 25.7 Å². The second-order valence-corrected chi connectivity index (χ2v) is 15.2. The number of hydrogen-bond acceptors (Lipinski definition) is 9. The van der Waals surface area contributed by atoms with Crippen molar-refractivity contribution in [3.05, 3.63) is 72.9 Å². The van der Waals surface area contributed by atoms with Gasteiger partial charge in [0, 0.05) is 12.8 Å². The summed E-state index contributed by atoms with van der Waals surface area (Å²) in [6, 6.07) is -1.54. The van der Waals surface area contributed by atoms with E-state index in [-0.39, 0.29) is 12.8 Å². The molecule has 0 saturated carbocycles. The zero-order valence-corrected chi connectivity index (χ0v) is 35.3. The van der Waals surface area contributed by atoms with Crippen molar-refractivity contribution < 1.29 is 47.5 Å². The average Bonchev–Trinajstić information content (AvgIpc) is 3.17. The van der Waals surface area contributed by atoms with E-state index in [4.69, 9.17) is 24.8 Å². The van der Waals surface area contributed by atoms with Crippen molar-refractivity contribution in [2.45, 2.75) is 167 Å². The molecule has 3 atom stereocenters. The van der Waals surface area contributed by atoms with Crippen LogP contribution < -0.4 is 5.73 Å². The quantitative estimate of drug-likeness (QED) is 0.0235. The minimum atomic E-state index is -4.74. The average molecular weight is 808 g/mol. The molecule has 0 amide bonds. The molecule has 0 bridgehead atoms. The van der Waals surface area contributed by atoms with Crippen LogP contribution in [0.15, 0.2) is 72.9 Å². The number of nitrogens with two attached hydrogens (primary N) is 1. The third-order valence-electron chi connectivity index (χ3n) is 8.44. The molecule has 11 nitrogen and oxygen atoms in total. The predicted octanol–water partition coefficient (Wildman–Crippen LogP) is 10.9. The highest BCUT2D eigenvalue weighted by molar-refractivity contribution is 7.47. The Kier molecular flexibility index (Phi) is 36.6. The minimum Gasteiger partial charge on any atom is -0.480 e. The van der Waals surface area contributed by atoms with Crippen LogP contribution in [0.3, 0.4) is 0 Å². The number of esters is 2. The first-order chi connectivity index (χ1) is 27.1. The summed E-state index contributed by atoms with van der Waals surface area (Å²) >= 11 is 0. The van der Waals surface area contributed by atoms with Gasteiger partial charge < -0.3 is 25.2 Å². The number of aliphatic carboxylic acids is 1. The van der Waals surface area contributed by atoms with Crippen molar-refractivity contribution in [2.24, 2.45) is 5.73 Å². The molecule has 0 aliphatic heterocycles. The van der Waals surface area contributed by atoms with E-state index < -0.39 is 57.7 Å². The molecule has 0 rings (SSSR count). The summed E-state index contributed by atoms with van der Waals surface area (Å²) in [6.45, 7) is 2.65. The van der Waals surface area contributed by atoms with Crippen LogP contribution in [0.2, 0.25) is 0 Å². The maximum Gasteiger partial charge on any atom is 0.472 e. The number of carbonyl (C=O) groups excluding carboxylic acids is 2. The van der Waals surface area contributed by atoms with Crippen LogP contribution in [0.25, 0.3) is 0 Å². The van der Waals surface area contributed by atoms with Gasteiger partial charge in [0.25, 0.3) is 0 Å². The number of phosphoric ester groups is 1. The lowest BCUT2D eigenvalue weighted by atomic mass is 10.1. The van der Waals surface area contributed by atoms with Crippen LogP contribution in [0.5, 0.6) is 0 Å². The molecule has 0 heterocycles. The first-order valence-electron chi connectivity index (χ1n) is 21.0. The van der Waals surface area contributed by atoms with Crippen LogP contribution in [-0.2, 0) is 37.5 Å². The second-order valence-electron chi connectivity index (χ2n) is 13.8. The molecule has 0 aliphatic rings. The van der Waals surface area contributed by atoms with Crippen LogP contribution in [0.4, 0.5) is 0 Å². The van der Waals surface area contributed by atoms with Crippen molar-refractivity contribution in [3.63, 3.8) is 0 Å². The van der Waals surface area contributed by atoms with Gasteiger partial charge in [0.1, 0.15) is 12.6 Å². The van der Waals surface area contributed by atoms with Crippen molar-refractivity contribution in [3.8, 4) is 0 Å². The topological polar surface area (TPSA) is 172 Å². The molecule has 1 unspecified atom stereocenters. The summed E-state index contributed by atoms with van der Waals surface area (Å²) < 4.78 is 32.5. The van der Waals surface area contributed by atoms with Gasteiger partial charge in [0.2, 0.25) is 0 Å². The van der Waals surface area contributed by atoms with Gasteiger partial charge >= 0.3 is 25.7 Å². The molecule has 0 saturated heterocycles. The third-order valence-corrected chi connectivity index (χ3v) is 9.39. The smallest absolute Gasteiger partial charge is 0.472 e. The lowest BCUT2D eigenvalue weighted by Gasteiger charge is -2.20. The van der Waals surface area contributed by atoms with E-state index in [9.17, 15) is 23.8 Å². The van der Waals surface area contributed by atoms with E-state index in [0.29, 0.717) is 12.8 Å². The Morgan fingerprint density at radius 3 is 1.54 bits per heavy atom. The Morgan fingerprint density at radius 2 is 0.982 bits per heavy atom. The number of ether oxygens (including phenoxy) is 2. The Bertz CT molecular complexity index is 1230. The van der Waals surface area contributed by atoms with Crippen LogP contribution >= 0.6 is 7.82 Å². The summed E-state index contributed by atoms with van der Waals surface area (Å²) in [4.78, 5) is 45.8. The summed E-state index contributed by atoms with van der Waals surface area (Å²) in [5, 5.41) is 8.87. The number of hydrogen-bond donors (Lipinski definition) is 3. The van der Waals surface area contributed by atoms with Crippen LogP contribution in [0, 0.1) is 0 Å². The number of rotatable bonds is 38. The van der Waals surface area contributed by atoms with Gasteiger partial charge in [-0.2, -0.15) is 0 Å². The summed E-state index contributed by atoms with van der Waals surface area (Å²) in [6.07, 6.45) is 45.6. The molecule has 0 radical (unpaired) electrons. The Labute approximate surface area is 338 Å². The highest BCUT2D eigenvalue weighted by Gasteiger charge is 2.28. The third kappa shape index (κ3) is 37.8. The first-order valence-corrected chi connectivity index (χ1v) is 22.5. The summed E-state index contributed by atoms with van der Waals surface area (Å²) in [7, 11) is -4.74. The van der Waals surface area contributed by atoms with Gasteiger partial charge in [-0.3, -0.25) is 23.4 Å². The molecule has 0 aromatic carbocycles. The standard InChI is InChI=1S/C44H74NO10P/c1-3-5-7-9-11-13-15-17-18-19-20-21-22-24-25-27-29-31-33-35-42(46)52-37-40(38-53-56(50,51)54-39-41(45)44(48)49)55-43(47)36-34-32-30-28-26-23-16-14-12-10-8-6-4-2/h11,13,17-18,20-21,23-26,29,31,40-41H,3-10,12,14-16,19,22,27-28,30,32-39,45H2,1-2H3,(H,48,49)(H,50,51)/b13-11+,18-17+,21-20+,25-24+,26-23+,31-29+/t40-,41+/m0/s1. The van der Waals surface area contributed by atoms with Crippen molar-refractivity contribution in [1.82, 2.24) is 0 Å². The molecule has 12 heteroatoms. The Balaban J connectivity index is 4.54. The summed E-state index contributed by atoms with van der Waals surface area (Å²) in [5.41, 5.74) is 5.32. The number of allylic oxidation sites excluding steroid dienone is 12. The summed E-state index contributed by atoms with van der Waals surface area (Å²) in [5.74, 6) is -2.51. The molecule has 0 fully saturated rings. The van der Waals surface area contributed by atoms with E-state index in [1.807, 2.05) is 12.2 Å².